The molecule has 0 bridgehead atoms. The quantitative estimate of drug-likeness (QED) is 0.867. The fraction of sp³-hybridized carbons (Fsp3) is 0.222. The molecule has 1 aliphatic rings. The van der Waals surface area contributed by atoms with Gasteiger partial charge in [-0.05, 0) is 17.7 Å². The Labute approximate surface area is 144 Å². The number of fused-ring (bicyclic) bond motifs is 1. The van der Waals surface area contributed by atoms with Crippen LogP contribution in [-0.2, 0) is 14.3 Å². The second-order valence-corrected chi connectivity index (χ2v) is 6.55. The van der Waals surface area contributed by atoms with Gasteiger partial charge in [0.05, 0.1) is 18.0 Å². The van der Waals surface area contributed by atoms with Gasteiger partial charge >= 0.3 is 5.97 Å². The van der Waals surface area contributed by atoms with Crippen molar-refractivity contribution in [2.75, 3.05) is 18.6 Å². The molecule has 0 saturated heterocycles. The van der Waals surface area contributed by atoms with Crippen molar-refractivity contribution in [1.82, 2.24) is 0 Å². The molecule has 3 rings (SSSR count). The number of hydrogen-bond donors (Lipinski definition) is 1. The van der Waals surface area contributed by atoms with Crippen molar-refractivity contribution in [2.45, 2.75) is 16.2 Å². The van der Waals surface area contributed by atoms with Crippen LogP contribution in [0.15, 0.2) is 59.5 Å². The number of methoxy groups -OCH3 is 1. The van der Waals surface area contributed by atoms with Crippen LogP contribution in [0, 0.1) is 0 Å². The Morgan fingerprint density at radius 2 is 1.83 bits per heavy atom. The second-order valence-electron chi connectivity index (χ2n) is 5.36. The number of rotatable bonds is 3. The molecule has 1 amide bonds. The summed E-state index contributed by atoms with van der Waals surface area (Å²) in [5.74, 6) is -1.04. The van der Waals surface area contributed by atoms with E-state index in [-0.39, 0.29) is 6.54 Å². The van der Waals surface area contributed by atoms with Crippen molar-refractivity contribution < 1.29 is 19.4 Å². The predicted molar refractivity (Wildman–Crippen MR) is 91.9 cm³/mol. The molecule has 124 valence electrons. The maximum Gasteiger partial charge on any atom is 0.325 e. The minimum atomic E-state index is -1.26. The van der Waals surface area contributed by atoms with E-state index >= 15 is 0 Å². The summed E-state index contributed by atoms with van der Waals surface area (Å²) in [6.07, 6.45) is -1.26. The molecule has 2 atom stereocenters. The molecule has 2 aromatic carbocycles. The number of aliphatic hydroxyl groups excluding tert-OH is 1. The first-order valence-corrected chi connectivity index (χ1v) is 8.36. The molecular formula is C18H17NO4S. The summed E-state index contributed by atoms with van der Waals surface area (Å²) in [7, 11) is 1.27. The highest BCUT2D eigenvalue weighted by molar-refractivity contribution is 7.99. The van der Waals surface area contributed by atoms with E-state index < -0.39 is 23.2 Å². The van der Waals surface area contributed by atoms with Crippen molar-refractivity contribution in [3.63, 3.8) is 0 Å². The maximum atomic E-state index is 12.8. The smallest absolute Gasteiger partial charge is 0.325 e. The number of carbonyl (C=O) groups is 2. The van der Waals surface area contributed by atoms with Gasteiger partial charge in [-0.1, -0.05) is 42.5 Å². The Balaban J connectivity index is 2.04. The highest BCUT2D eigenvalue weighted by atomic mass is 32.2. The normalized spacial score (nSPS) is 20.2. The van der Waals surface area contributed by atoms with Crippen molar-refractivity contribution in [1.29, 1.82) is 0 Å². The topological polar surface area (TPSA) is 66.8 Å². The Morgan fingerprint density at radius 1 is 1.17 bits per heavy atom. The zero-order valence-electron chi connectivity index (χ0n) is 13.1. The first kappa shape index (κ1) is 16.5. The molecule has 5 nitrogen and oxygen atoms in total. The summed E-state index contributed by atoms with van der Waals surface area (Å²) >= 11 is 1.42. The monoisotopic (exact) mass is 343 g/mol. The highest BCUT2D eigenvalue weighted by Crippen LogP contribution is 2.45. The Kier molecular flexibility index (Phi) is 4.87. The third-order valence-corrected chi connectivity index (χ3v) is 5.24. The van der Waals surface area contributed by atoms with E-state index in [1.807, 2.05) is 42.5 Å². The number of esters is 1. The van der Waals surface area contributed by atoms with E-state index in [1.165, 1.54) is 23.8 Å². The number of nitrogens with zero attached hydrogens (tertiary/aromatic N) is 1. The number of amides is 1. The lowest BCUT2D eigenvalue weighted by molar-refractivity contribution is -0.140. The van der Waals surface area contributed by atoms with Crippen molar-refractivity contribution in [3.05, 3.63) is 60.2 Å². The van der Waals surface area contributed by atoms with E-state index in [9.17, 15) is 14.7 Å². The summed E-state index contributed by atoms with van der Waals surface area (Å²) in [5.41, 5.74) is 1.47. The number of hydrogen-bond acceptors (Lipinski definition) is 5. The summed E-state index contributed by atoms with van der Waals surface area (Å²) < 4.78 is 4.68. The zero-order valence-corrected chi connectivity index (χ0v) is 13.9. The molecule has 24 heavy (non-hydrogen) atoms. The number of benzene rings is 2. The molecule has 0 fully saturated rings. The van der Waals surface area contributed by atoms with Gasteiger partial charge in [0.15, 0.2) is 0 Å². The van der Waals surface area contributed by atoms with Crippen LogP contribution >= 0.6 is 11.8 Å². The number of carbonyl (C=O) groups excluding carboxylic acids is 2. The van der Waals surface area contributed by atoms with Crippen molar-refractivity contribution >= 4 is 29.3 Å². The van der Waals surface area contributed by atoms with Crippen LogP contribution in [0.2, 0.25) is 0 Å². The first-order chi connectivity index (χ1) is 11.6. The molecule has 1 heterocycles. The lowest BCUT2D eigenvalue weighted by Crippen LogP contribution is -2.43. The van der Waals surface area contributed by atoms with Crippen LogP contribution in [-0.4, -0.2) is 36.7 Å². The molecule has 0 aliphatic carbocycles. The van der Waals surface area contributed by atoms with E-state index in [0.29, 0.717) is 5.69 Å². The molecule has 0 saturated carbocycles. The lowest BCUT2D eigenvalue weighted by Gasteiger charge is -2.24. The van der Waals surface area contributed by atoms with Gasteiger partial charge in [0.1, 0.15) is 12.6 Å². The Bertz CT molecular complexity index is 750. The van der Waals surface area contributed by atoms with E-state index in [1.54, 1.807) is 12.1 Å². The lowest BCUT2D eigenvalue weighted by atomic mass is 10.1. The molecule has 0 unspecified atom stereocenters. The fourth-order valence-corrected chi connectivity index (χ4v) is 3.91. The van der Waals surface area contributed by atoms with Gasteiger partial charge in [-0.25, -0.2) is 0 Å². The standard InChI is InChI=1S/C18H17NO4S/c1-23-15(20)11-19-13-9-5-6-10-14(13)24-17(16(21)18(19)22)12-7-3-2-4-8-12/h2-10,16-17,21H,11H2,1H3/t16-,17+/m1/s1. The van der Waals surface area contributed by atoms with Crippen LogP contribution in [0.3, 0.4) is 0 Å². The average Bonchev–Trinajstić information content (AvgIpc) is 2.73. The largest absolute Gasteiger partial charge is 0.468 e. The number of thioether (sulfide) groups is 1. The molecule has 0 aromatic heterocycles. The number of para-hydroxylation sites is 1. The van der Waals surface area contributed by atoms with Gasteiger partial charge in [-0.2, -0.15) is 0 Å². The summed E-state index contributed by atoms with van der Waals surface area (Å²) in [6, 6.07) is 16.7. The van der Waals surface area contributed by atoms with E-state index in [2.05, 4.69) is 4.74 Å². The average molecular weight is 343 g/mol. The molecule has 2 aromatic rings. The Morgan fingerprint density at radius 3 is 2.54 bits per heavy atom. The van der Waals surface area contributed by atoms with E-state index in [0.717, 1.165) is 10.5 Å². The Hall–Kier alpha value is -2.31. The summed E-state index contributed by atoms with van der Waals surface area (Å²) in [6.45, 7) is -0.231. The number of aliphatic hydroxyl groups is 1. The van der Waals surface area contributed by atoms with Crippen LogP contribution in [0.4, 0.5) is 5.69 Å². The molecule has 6 heteroatoms. The second kappa shape index (κ2) is 7.07. The van der Waals surface area contributed by atoms with Crippen molar-refractivity contribution in [3.8, 4) is 0 Å². The fourth-order valence-electron chi connectivity index (χ4n) is 2.64. The van der Waals surface area contributed by atoms with Gasteiger partial charge in [0, 0.05) is 4.90 Å². The highest BCUT2D eigenvalue weighted by Gasteiger charge is 2.37. The van der Waals surface area contributed by atoms with Gasteiger partial charge in [0.2, 0.25) is 0 Å². The zero-order chi connectivity index (χ0) is 17.1. The third-order valence-electron chi connectivity index (χ3n) is 3.86. The van der Waals surface area contributed by atoms with Gasteiger partial charge in [-0.15, -0.1) is 11.8 Å². The number of ether oxygens (including phenoxy) is 1. The predicted octanol–water partition coefficient (Wildman–Crippen LogP) is 2.40. The molecule has 1 N–H and O–H groups in total. The van der Waals surface area contributed by atoms with Crippen LogP contribution < -0.4 is 4.90 Å². The minimum absolute atomic E-state index is 0.231. The molecule has 1 aliphatic heterocycles. The van der Waals surface area contributed by atoms with Crippen LogP contribution in [0.5, 0.6) is 0 Å². The third kappa shape index (κ3) is 3.16. The van der Waals surface area contributed by atoms with Gasteiger partial charge in [-0.3, -0.25) is 14.5 Å². The van der Waals surface area contributed by atoms with E-state index in [4.69, 9.17) is 0 Å². The molecule has 0 spiro atoms. The molecule has 0 radical (unpaired) electrons. The summed E-state index contributed by atoms with van der Waals surface area (Å²) in [4.78, 5) is 26.6. The SMILES string of the molecule is COC(=O)CN1C(=O)[C@H](O)[C@H](c2ccccc2)Sc2ccccc21. The first-order valence-electron chi connectivity index (χ1n) is 7.48. The van der Waals surface area contributed by atoms with Gasteiger partial charge < -0.3 is 9.84 Å². The maximum absolute atomic E-state index is 12.8. The molecular weight excluding hydrogens is 326 g/mol. The number of anilines is 1. The summed E-state index contributed by atoms with van der Waals surface area (Å²) in [5, 5.41) is 10.2. The minimum Gasteiger partial charge on any atom is -0.468 e. The van der Waals surface area contributed by atoms with Crippen LogP contribution in [0.1, 0.15) is 10.8 Å². The van der Waals surface area contributed by atoms with Crippen LogP contribution in [0.25, 0.3) is 0 Å². The van der Waals surface area contributed by atoms with Crippen molar-refractivity contribution in [2.24, 2.45) is 0 Å². The van der Waals surface area contributed by atoms with Gasteiger partial charge in [0.25, 0.3) is 5.91 Å².